The van der Waals surface area contributed by atoms with E-state index < -0.39 is 5.97 Å². The first-order valence-electron chi connectivity index (χ1n) is 6.65. The Morgan fingerprint density at radius 3 is 2.35 bits per heavy atom. The molecular formula is C15H22CaO4. The van der Waals surface area contributed by atoms with E-state index in [-0.39, 0.29) is 54.8 Å². The first kappa shape index (κ1) is 19.4. The Balaban J connectivity index is 0.00000361. The van der Waals surface area contributed by atoms with Crippen LogP contribution in [0.15, 0.2) is 18.2 Å². The Bertz CT molecular complexity index is 457. The van der Waals surface area contributed by atoms with E-state index in [0.717, 1.165) is 25.7 Å². The van der Waals surface area contributed by atoms with Crippen LogP contribution in [0.3, 0.4) is 0 Å². The summed E-state index contributed by atoms with van der Waals surface area (Å²) in [6.45, 7) is 2.13. The van der Waals surface area contributed by atoms with Crippen LogP contribution < -0.4 is 0 Å². The third kappa shape index (κ3) is 6.25. The van der Waals surface area contributed by atoms with E-state index >= 15 is 0 Å². The summed E-state index contributed by atoms with van der Waals surface area (Å²) in [6, 6.07) is 3.97. The number of aromatic hydroxyl groups is 1. The van der Waals surface area contributed by atoms with E-state index in [2.05, 4.69) is 6.92 Å². The minimum atomic E-state index is -1.23. The van der Waals surface area contributed by atoms with Crippen LogP contribution in [0.5, 0.6) is 5.75 Å². The molecule has 0 spiro atoms. The second-order valence-corrected chi connectivity index (χ2v) is 4.62. The summed E-state index contributed by atoms with van der Waals surface area (Å²) < 4.78 is 0. The van der Waals surface area contributed by atoms with Crippen molar-refractivity contribution >= 4 is 49.5 Å². The van der Waals surface area contributed by atoms with Gasteiger partial charge in [-0.15, -0.1) is 0 Å². The number of rotatable bonds is 8. The molecule has 0 bridgehead atoms. The Morgan fingerprint density at radius 1 is 1.10 bits per heavy atom. The van der Waals surface area contributed by atoms with E-state index in [9.17, 15) is 14.7 Å². The van der Waals surface area contributed by atoms with Crippen molar-refractivity contribution in [1.29, 1.82) is 0 Å². The van der Waals surface area contributed by atoms with Gasteiger partial charge in [0, 0.05) is 12.0 Å². The second-order valence-electron chi connectivity index (χ2n) is 4.62. The van der Waals surface area contributed by atoms with Crippen molar-refractivity contribution in [2.45, 2.75) is 45.4 Å². The minimum absolute atomic E-state index is 0. The molecule has 1 aromatic rings. The van der Waals surface area contributed by atoms with E-state index in [0.29, 0.717) is 12.0 Å². The molecular weight excluding hydrogens is 284 g/mol. The molecule has 108 valence electrons. The summed E-state index contributed by atoms with van der Waals surface area (Å²) in [6.07, 6.45) is 5.73. The number of phenols is 1. The number of unbranched alkanes of at least 4 members (excludes halogenated alkanes) is 4. The van der Waals surface area contributed by atoms with E-state index in [1.165, 1.54) is 24.6 Å². The van der Waals surface area contributed by atoms with Gasteiger partial charge in [-0.05, 0) is 24.6 Å². The van der Waals surface area contributed by atoms with Crippen molar-refractivity contribution in [2.24, 2.45) is 0 Å². The molecule has 0 saturated carbocycles. The molecule has 1 aromatic carbocycles. The Morgan fingerprint density at radius 2 is 1.75 bits per heavy atom. The monoisotopic (exact) mass is 306 g/mol. The molecule has 0 heterocycles. The van der Waals surface area contributed by atoms with E-state index in [1.54, 1.807) is 0 Å². The molecule has 0 fully saturated rings. The van der Waals surface area contributed by atoms with Gasteiger partial charge in [-0.1, -0.05) is 32.6 Å². The van der Waals surface area contributed by atoms with Crippen molar-refractivity contribution in [2.75, 3.05) is 0 Å². The van der Waals surface area contributed by atoms with Gasteiger partial charge in [0.25, 0.3) is 0 Å². The van der Waals surface area contributed by atoms with Gasteiger partial charge in [0.15, 0.2) is 5.78 Å². The molecule has 1 rings (SSSR count). The zero-order valence-corrected chi connectivity index (χ0v) is 11.2. The van der Waals surface area contributed by atoms with Gasteiger partial charge in [0.2, 0.25) is 0 Å². The molecule has 0 aliphatic rings. The number of carbonyl (C=O) groups excluding carboxylic acids is 1. The predicted molar refractivity (Wildman–Crippen MR) is 81.3 cm³/mol. The summed E-state index contributed by atoms with van der Waals surface area (Å²) in [5.74, 6) is -1.61. The molecule has 20 heavy (non-hydrogen) atoms. The number of carboxylic acids is 1. The first-order valence-corrected chi connectivity index (χ1v) is 6.65. The third-order valence-electron chi connectivity index (χ3n) is 3.06. The number of hydrogen-bond acceptors (Lipinski definition) is 3. The average Bonchev–Trinajstić information content (AvgIpc) is 2.38. The van der Waals surface area contributed by atoms with Crippen LogP contribution in [-0.2, 0) is 0 Å². The molecule has 0 amide bonds. The topological polar surface area (TPSA) is 74.6 Å². The first-order chi connectivity index (χ1) is 9.06. The molecule has 0 radical (unpaired) electrons. The van der Waals surface area contributed by atoms with Crippen LogP contribution in [-0.4, -0.2) is 59.7 Å². The summed E-state index contributed by atoms with van der Waals surface area (Å²) in [5, 5.41) is 18.2. The molecule has 2 N–H and O–H groups in total. The molecule has 0 saturated heterocycles. The quantitative estimate of drug-likeness (QED) is 0.440. The number of benzene rings is 1. The van der Waals surface area contributed by atoms with Crippen molar-refractivity contribution < 1.29 is 19.8 Å². The van der Waals surface area contributed by atoms with Gasteiger partial charge in [-0.2, -0.15) is 0 Å². The van der Waals surface area contributed by atoms with Crippen LogP contribution in [0.25, 0.3) is 0 Å². The molecule has 0 atom stereocenters. The summed E-state index contributed by atoms with van der Waals surface area (Å²) in [4.78, 5) is 22.7. The molecule has 4 nitrogen and oxygen atoms in total. The summed E-state index contributed by atoms with van der Waals surface area (Å²) in [7, 11) is 0. The van der Waals surface area contributed by atoms with Gasteiger partial charge >= 0.3 is 43.7 Å². The van der Waals surface area contributed by atoms with Gasteiger partial charge < -0.3 is 10.2 Å². The normalized spacial score (nSPS) is 9.85. The molecule has 0 aliphatic carbocycles. The fraction of sp³-hybridized carbons (Fsp3) is 0.467. The Labute approximate surface area is 149 Å². The van der Waals surface area contributed by atoms with Crippen molar-refractivity contribution in [1.82, 2.24) is 0 Å². The van der Waals surface area contributed by atoms with Crippen LogP contribution in [0, 0.1) is 0 Å². The second kappa shape index (κ2) is 10.2. The van der Waals surface area contributed by atoms with Gasteiger partial charge in [0.1, 0.15) is 11.3 Å². The number of aromatic carboxylic acids is 1. The summed E-state index contributed by atoms with van der Waals surface area (Å²) in [5.41, 5.74) is 0.127. The maximum atomic E-state index is 11.9. The fourth-order valence-corrected chi connectivity index (χ4v) is 1.91. The maximum absolute atomic E-state index is 11.9. The number of carboxylic acid groups (broad SMARTS) is 1. The zero-order valence-electron chi connectivity index (χ0n) is 11.2. The summed E-state index contributed by atoms with van der Waals surface area (Å²) >= 11 is 0. The van der Waals surface area contributed by atoms with Crippen LogP contribution in [0.2, 0.25) is 0 Å². The van der Waals surface area contributed by atoms with Gasteiger partial charge in [-0.3, -0.25) is 4.79 Å². The van der Waals surface area contributed by atoms with Crippen molar-refractivity contribution in [3.63, 3.8) is 0 Å². The van der Waals surface area contributed by atoms with E-state index in [4.69, 9.17) is 5.11 Å². The standard InChI is InChI=1S/C15H20O4.Ca.2H/c1-2-3-4-5-6-7-13(16)11-8-9-14(17)12(10-11)15(18)19;;;/h8-10,17H,2-7H2,1H3,(H,18,19);;;. The van der Waals surface area contributed by atoms with Crippen molar-refractivity contribution in [3.05, 3.63) is 29.3 Å². The average molecular weight is 306 g/mol. The number of hydrogen-bond donors (Lipinski definition) is 2. The molecule has 0 unspecified atom stereocenters. The number of carbonyl (C=O) groups is 2. The molecule has 5 heteroatoms. The number of Topliss-reactive ketones (excluding diaryl/α,β-unsaturated/α-hetero) is 1. The van der Waals surface area contributed by atoms with Gasteiger partial charge in [0.05, 0.1) is 0 Å². The van der Waals surface area contributed by atoms with E-state index in [1.807, 2.05) is 0 Å². The Kier molecular flexibility index (Phi) is 9.90. The van der Waals surface area contributed by atoms with Crippen molar-refractivity contribution in [3.8, 4) is 5.75 Å². The van der Waals surface area contributed by atoms with Gasteiger partial charge in [-0.25, -0.2) is 4.79 Å². The Hall–Kier alpha value is -0.580. The SMILES string of the molecule is CCCCCCCC(=O)c1ccc(O)c(C(=O)O)c1.[CaH2]. The molecule has 0 aromatic heterocycles. The van der Waals surface area contributed by atoms with Crippen LogP contribution in [0.4, 0.5) is 0 Å². The molecule has 0 aliphatic heterocycles. The zero-order chi connectivity index (χ0) is 14.3. The van der Waals surface area contributed by atoms with Crippen LogP contribution >= 0.6 is 0 Å². The van der Waals surface area contributed by atoms with Crippen LogP contribution in [0.1, 0.15) is 66.2 Å². The fourth-order valence-electron chi connectivity index (χ4n) is 1.91. The predicted octanol–water partition coefficient (Wildman–Crippen LogP) is 2.72. The number of ketones is 1. The third-order valence-corrected chi connectivity index (χ3v) is 3.06.